The van der Waals surface area contributed by atoms with E-state index in [1.54, 1.807) is 18.2 Å². The van der Waals surface area contributed by atoms with Crippen LogP contribution in [0.25, 0.3) is 0 Å². The molecule has 0 spiro atoms. The van der Waals surface area contributed by atoms with Crippen LogP contribution in [0.1, 0.15) is 0 Å². The number of nitrogens with one attached hydrogen (secondary N) is 1. The van der Waals surface area contributed by atoms with Gasteiger partial charge in [-0.05, 0) is 6.07 Å². The van der Waals surface area contributed by atoms with Crippen LogP contribution in [0.15, 0.2) is 24.3 Å². The lowest BCUT2D eigenvalue weighted by Gasteiger charge is -2.39. The molecular weight excluding hydrogens is 308 g/mol. The Morgan fingerprint density at radius 2 is 1.82 bits per heavy atom. The van der Waals surface area contributed by atoms with E-state index in [0.29, 0.717) is 31.9 Å². The second kappa shape index (κ2) is 6.93. The Balaban J connectivity index is 0.00000176. The van der Waals surface area contributed by atoms with Crippen LogP contribution in [0.5, 0.6) is 0 Å². The molecule has 1 aromatic carbocycles. The third-order valence-corrected chi connectivity index (χ3v) is 4.14. The lowest BCUT2D eigenvalue weighted by atomic mass is 10.0. The molecule has 0 radical (unpaired) electrons. The summed E-state index contributed by atoms with van der Waals surface area (Å²) in [5.41, 5.74) is 0.764. The molecule has 0 atom stereocenters. The molecule has 22 heavy (non-hydrogen) atoms. The molecule has 0 aromatic heterocycles. The quantitative estimate of drug-likeness (QED) is 0.659. The van der Waals surface area contributed by atoms with Crippen molar-refractivity contribution in [1.82, 2.24) is 10.2 Å². The Bertz CT molecular complexity index is 557. The summed E-state index contributed by atoms with van der Waals surface area (Å²) in [6.07, 6.45) is 0. The standard InChI is InChI=1S/C14H18N4O3.ClH/c19-14(11-9-15-10-11)17-7-5-16(6-8-17)12-3-1-2-4-13(12)18(20)21;/h1-4,11,15H,5-10H2;1H. The van der Waals surface area contributed by atoms with E-state index in [2.05, 4.69) is 5.32 Å². The lowest BCUT2D eigenvalue weighted by Crippen LogP contribution is -2.56. The Labute approximate surface area is 134 Å². The van der Waals surface area contributed by atoms with Crippen LogP contribution in [-0.4, -0.2) is 55.0 Å². The highest BCUT2D eigenvalue weighted by molar-refractivity contribution is 5.85. The summed E-state index contributed by atoms with van der Waals surface area (Å²) in [6, 6.07) is 6.77. The van der Waals surface area contributed by atoms with E-state index < -0.39 is 0 Å². The molecule has 120 valence electrons. The van der Waals surface area contributed by atoms with Crippen LogP contribution in [0.3, 0.4) is 0 Å². The van der Waals surface area contributed by atoms with Gasteiger partial charge in [0.05, 0.1) is 10.8 Å². The van der Waals surface area contributed by atoms with Crippen molar-refractivity contribution in [2.75, 3.05) is 44.2 Å². The minimum absolute atomic E-state index is 0. The van der Waals surface area contributed by atoms with E-state index >= 15 is 0 Å². The van der Waals surface area contributed by atoms with E-state index in [4.69, 9.17) is 0 Å². The zero-order chi connectivity index (χ0) is 14.8. The van der Waals surface area contributed by atoms with Gasteiger partial charge in [0.25, 0.3) is 5.69 Å². The molecule has 0 aliphatic carbocycles. The Kier molecular flexibility index (Phi) is 5.20. The predicted molar refractivity (Wildman–Crippen MR) is 85.5 cm³/mol. The number of carbonyl (C=O) groups excluding carboxylic acids is 1. The highest BCUT2D eigenvalue weighted by Crippen LogP contribution is 2.28. The molecule has 8 heteroatoms. The van der Waals surface area contributed by atoms with Gasteiger partial charge in [0.15, 0.2) is 0 Å². The van der Waals surface area contributed by atoms with E-state index in [1.807, 2.05) is 9.80 Å². The maximum absolute atomic E-state index is 12.2. The summed E-state index contributed by atoms with van der Waals surface area (Å²) in [5, 5.41) is 14.2. The molecule has 1 N–H and O–H groups in total. The van der Waals surface area contributed by atoms with Gasteiger partial charge < -0.3 is 15.1 Å². The predicted octanol–water partition coefficient (Wildman–Crippen LogP) is 0.885. The van der Waals surface area contributed by atoms with Crippen LogP contribution in [0.4, 0.5) is 11.4 Å². The number of hydrogen-bond acceptors (Lipinski definition) is 5. The minimum Gasteiger partial charge on any atom is -0.362 e. The topological polar surface area (TPSA) is 78.7 Å². The molecule has 2 heterocycles. The number of nitrogens with zero attached hydrogens (tertiary/aromatic N) is 3. The van der Waals surface area contributed by atoms with Gasteiger partial charge in [0.1, 0.15) is 5.69 Å². The molecule has 7 nitrogen and oxygen atoms in total. The number of benzene rings is 1. The molecule has 1 amide bonds. The summed E-state index contributed by atoms with van der Waals surface area (Å²) < 4.78 is 0. The summed E-state index contributed by atoms with van der Waals surface area (Å²) in [6.45, 7) is 4.06. The van der Waals surface area contributed by atoms with Crippen molar-refractivity contribution in [1.29, 1.82) is 0 Å². The number of nitro benzene ring substituents is 1. The second-order valence-corrected chi connectivity index (χ2v) is 5.41. The number of amides is 1. The lowest BCUT2D eigenvalue weighted by molar-refractivity contribution is -0.384. The van der Waals surface area contributed by atoms with Crippen LogP contribution in [0.2, 0.25) is 0 Å². The fourth-order valence-electron chi connectivity index (χ4n) is 2.78. The largest absolute Gasteiger partial charge is 0.362 e. The van der Waals surface area contributed by atoms with Gasteiger partial charge in [0, 0.05) is 45.3 Å². The van der Waals surface area contributed by atoms with Crippen molar-refractivity contribution < 1.29 is 9.72 Å². The number of piperazine rings is 1. The van der Waals surface area contributed by atoms with Crippen molar-refractivity contribution in [3.63, 3.8) is 0 Å². The summed E-state index contributed by atoms with van der Waals surface area (Å²) >= 11 is 0. The van der Waals surface area contributed by atoms with Gasteiger partial charge in [-0.3, -0.25) is 14.9 Å². The van der Waals surface area contributed by atoms with Crippen LogP contribution in [0, 0.1) is 16.0 Å². The van der Waals surface area contributed by atoms with Gasteiger partial charge in [-0.25, -0.2) is 0 Å². The molecule has 0 bridgehead atoms. The molecule has 1 aromatic rings. The van der Waals surface area contributed by atoms with E-state index in [-0.39, 0.29) is 34.8 Å². The fraction of sp³-hybridized carbons (Fsp3) is 0.500. The van der Waals surface area contributed by atoms with Crippen molar-refractivity contribution in [2.24, 2.45) is 5.92 Å². The maximum atomic E-state index is 12.2. The average Bonchev–Trinajstić information content (AvgIpc) is 2.45. The second-order valence-electron chi connectivity index (χ2n) is 5.41. The number of anilines is 1. The Morgan fingerprint density at radius 3 is 2.36 bits per heavy atom. The first-order valence-corrected chi connectivity index (χ1v) is 7.14. The van der Waals surface area contributed by atoms with Crippen molar-refractivity contribution in [3.8, 4) is 0 Å². The molecule has 3 rings (SSSR count). The summed E-state index contributed by atoms with van der Waals surface area (Å²) in [7, 11) is 0. The van der Waals surface area contributed by atoms with Gasteiger partial charge >= 0.3 is 0 Å². The number of halogens is 1. The normalized spacial score (nSPS) is 18.4. The van der Waals surface area contributed by atoms with E-state index in [9.17, 15) is 14.9 Å². The van der Waals surface area contributed by atoms with Crippen molar-refractivity contribution in [2.45, 2.75) is 0 Å². The SMILES string of the molecule is Cl.O=C(C1CNC1)N1CCN(c2ccccc2[N+](=O)[O-])CC1. The third-order valence-electron chi connectivity index (χ3n) is 4.14. The molecule has 0 saturated carbocycles. The number of hydrogen-bond donors (Lipinski definition) is 1. The molecule has 0 unspecified atom stereocenters. The first-order valence-electron chi connectivity index (χ1n) is 7.14. The Hall–Kier alpha value is -1.86. The van der Waals surface area contributed by atoms with Gasteiger partial charge in [-0.15, -0.1) is 12.4 Å². The van der Waals surface area contributed by atoms with Crippen LogP contribution in [-0.2, 0) is 4.79 Å². The highest BCUT2D eigenvalue weighted by atomic mass is 35.5. The van der Waals surface area contributed by atoms with Gasteiger partial charge in [-0.1, -0.05) is 12.1 Å². The first-order chi connectivity index (χ1) is 10.2. The number of rotatable bonds is 3. The van der Waals surface area contributed by atoms with Gasteiger partial charge in [-0.2, -0.15) is 0 Å². The molecule has 2 aliphatic heterocycles. The molecule has 2 fully saturated rings. The number of para-hydroxylation sites is 2. The smallest absolute Gasteiger partial charge is 0.292 e. The molecule has 2 saturated heterocycles. The molecule has 2 aliphatic rings. The third kappa shape index (κ3) is 3.15. The van der Waals surface area contributed by atoms with Crippen molar-refractivity contribution in [3.05, 3.63) is 34.4 Å². The monoisotopic (exact) mass is 326 g/mol. The maximum Gasteiger partial charge on any atom is 0.292 e. The number of nitro groups is 1. The van der Waals surface area contributed by atoms with E-state index in [1.165, 1.54) is 6.07 Å². The van der Waals surface area contributed by atoms with Crippen LogP contribution < -0.4 is 10.2 Å². The Morgan fingerprint density at radius 1 is 1.18 bits per heavy atom. The molecular formula is C14H19ClN4O3. The fourth-order valence-corrected chi connectivity index (χ4v) is 2.78. The van der Waals surface area contributed by atoms with E-state index in [0.717, 1.165) is 13.1 Å². The number of carbonyl (C=O) groups is 1. The first kappa shape index (κ1) is 16.5. The zero-order valence-electron chi connectivity index (χ0n) is 12.1. The average molecular weight is 327 g/mol. The summed E-state index contributed by atoms with van der Waals surface area (Å²) in [5.74, 6) is 0.318. The van der Waals surface area contributed by atoms with Crippen LogP contribution >= 0.6 is 12.4 Å². The zero-order valence-corrected chi connectivity index (χ0v) is 12.9. The summed E-state index contributed by atoms with van der Waals surface area (Å²) in [4.78, 5) is 26.7. The van der Waals surface area contributed by atoms with Gasteiger partial charge in [0.2, 0.25) is 5.91 Å². The highest BCUT2D eigenvalue weighted by Gasteiger charge is 2.32. The minimum atomic E-state index is -0.354. The van der Waals surface area contributed by atoms with Crippen molar-refractivity contribution >= 4 is 29.7 Å².